The summed E-state index contributed by atoms with van der Waals surface area (Å²) in [6, 6.07) is 4.01. The predicted octanol–water partition coefficient (Wildman–Crippen LogP) is 2.63. The molecule has 0 bridgehead atoms. The van der Waals surface area contributed by atoms with Gasteiger partial charge in [-0.25, -0.2) is 0 Å². The first-order valence-electron chi connectivity index (χ1n) is 9.10. The van der Waals surface area contributed by atoms with Crippen LogP contribution in [0.5, 0.6) is 0 Å². The van der Waals surface area contributed by atoms with E-state index in [2.05, 4.69) is 20.0 Å². The number of carbonyl (C=O) groups is 1. The highest BCUT2D eigenvalue weighted by atomic mass is 16.1. The zero-order valence-corrected chi connectivity index (χ0v) is 15.2. The molecule has 1 fully saturated rings. The van der Waals surface area contributed by atoms with Crippen LogP contribution < -0.4 is 0 Å². The van der Waals surface area contributed by atoms with Gasteiger partial charge in [-0.1, -0.05) is 0 Å². The molecular weight excluding hydrogens is 326 g/mol. The zero-order chi connectivity index (χ0) is 18.1. The Hall–Kier alpha value is -2.60. The second kappa shape index (κ2) is 6.96. The largest absolute Gasteiger partial charge is 0.298 e. The smallest absolute Gasteiger partial charge is 0.155 e. The summed E-state index contributed by atoms with van der Waals surface area (Å²) >= 11 is 0. The number of ketones is 1. The summed E-state index contributed by atoms with van der Waals surface area (Å²) in [4.78, 5) is 23.9. The summed E-state index contributed by atoms with van der Waals surface area (Å²) in [7, 11) is 1.89. The first-order chi connectivity index (χ1) is 12.6. The van der Waals surface area contributed by atoms with Crippen molar-refractivity contribution in [2.75, 3.05) is 13.1 Å². The molecule has 1 saturated heterocycles. The molecule has 0 radical (unpaired) electrons. The molecule has 6 nitrogen and oxygen atoms in total. The molecule has 1 atom stereocenters. The monoisotopic (exact) mass is 349 g/mol. The molecule has 4 rings (SSSR count). The van der Waals surface area contributed by atoms with Crippen LogP contribution >= 0.6 is 0 Å². The van der Waals surface area contributed by atoms with Crippen molar-refractivity contribution in [2.24, 2.45) is 7.05 Å². The van der Waals surface area contributed by atoms with Crippen LogP contribution in [0.15, 0.2) is 36.9 Å². The molecule has 0 unspecified atom stereocenters. The Morgan fingerprint density at radius 2 is 1.88 bits per heavy atom. The van der Waals surface area contributed by atoms with E-state index in [-0.39, 0.29) is 11.8 Å². The van der Waals surface area contributed by atoms with Crippen molar-refractivity contribution in [3.05, 3.63) is 42.6 Å². The van der Waals surface area contributed by atoms with Gasteiger partial charge in [0.1, 0.15) is 0 Å². The summed E-state index contributed by atoms with van der Waals surface area (Å²) in [5.41, 5.74) is 2.67. The van der Waals surface area contributed by atoms with Crippen molar-refractivity contribution in [3.63, 3.8) is 0 Å². The first-order valence-corrected chi connectivity index (χ1v) is 9.10. The van der Waals surface area contributed by atoms with Crippen LogP contribution in [-0.2, 0) is 18.3 Å². The van der Waals surface area contributed by atoms with Crippen molar-refractivity contribution < 1.29 is 4.79 Å². The summed E-state index contributed by atoms with van der Waals surface area (Å²) < 4.78 is 1.76. The molecule has 6 heteroatoms. The number of aromatic nitrogens is 4. The molecule has 0 N–H and O–H groups in total. The number of pyridine rings is 2. The van der Waals surface area contributed by atoms with Gasteiger partial charge in [-0.3, -0.25) is 24.3 Å². The second-order valence-corrected chi connectivity index (χ2v) is 7.06. The van der Waals surface area contributed by atoms with E-state index in [1.165, 1.54) is 12.8 Å². The maximum Gasteiger partial charge on any atom is 0.155 e. The average Bonchev–Trinajstić information content (AvgIpc) is 3.32. The SMILES string of the molecule is C[C@H](C(=O)Cc1cc2cc(-c3cnn(C)c3)ncc2cn1)N1CCCC1. The minimum atomic E-state index is -0.0293. The number of carbonyl (C=O) groups excluding carboxylic acids is 1. The van der Waals surface area contributed by atoms with Gasteiger partial charge in [-0.2, -0.15) is 5.10 Å². The highest BCUT2D eigenvalue weighted by molar-refractivity contribution is 5.88. The van der Waals surface area contributed by atoms with Crippen LogP contribution in [-0.4, -0.2) is 49.6 Å². The molecule has 134 valence electrons. The van der Waals surface area contributed by atoms with Gasteiger partial charge < -0.3 is 0 Å². The van der Waals surface area contributed by atoms with Gasteiger partial charge in [0.25, 0.3) is 0 Å². The van der Waals surface area contributed by atoms with E-state index in [1.54, 1.807) is 17.1 Å². The second-order valence-electron chi connectivity index (χ2n) is 7.06. The predicted molar refractivity (Wildman–Crippen MR) is 101 cm³/mol. The Bertz CT molecular complexity index is 942. The van der Waals surface area contributed by atoms with Crippen molar-refractivity contribution in [3.8, 4) is 11.3 Å². The van der Waals surface area contributed by atoms with Crippen LogP contribution in [0.2, 0.25) is 0 Å². The van der Waals surface area contributed by atoms with Gasteiger partial charge in [0, 0.05) is 42.3 Å². The number of likely N-dealkylation sites (tertiary alicyclic amines) is 1. The molecule has 0 aliphatic carbocycles. The first kappa shape index (κ1) is 16.8. The van der Waals surface area contributed by atoms with E-state index in [0.29, 0.717) is 6.42 Å². The molecule has 3 aromatic rings. The standard InChI is InChI=1S/C20H23N5O/c1-14(25-5-3-4-6-25)20(26)9-18-7-15-8-19(17-12-23-24(2)13-17)22-11-16(15)10-21-18/h7-8,10-14H,3-6,9H2,1-2H3/t14-/m1/s1. The van der Waals surface area contributed by atoms with Crippen molar-refractivity contribution >= 4 is 16.6 Å². The molecule has 3 aromatic heterocycles. The van der Waals surface area contributed by atoms with E-state index < -0.39 is 0 Å². The molecular formula is C20H23N5O. The lowest BCUT2D eigenvalue weighted by atomic mass is 10.1. The maximum absolute atomic E-state index is 12.6. The summed E-state index contributed by atoms with van der Waals surface area (Å²) in [5, 5.41) is 6.22. The molecule has 0 amide bonds. The van der Waals surface area contributed by atoms with Gasteiger partial charge in [-0.05, 0) is 50.4 Å². The van der Waals surface area contributed by atoms with Gasteiger partial charge in [0.05, 0.1) is 24.4 Å². The lowest BCUT2D eigenvalue weighted by molar-refractivity contribution is -0.122. The highest BCUT2D eigenvalue weighted by Gasteiger charge is 2.24. The molecule has 0 saturated carbocycles. The number of hydrogen-bond donors (Lipinski definition) is 0. The Morgan fingerprint density at radius 3 is 2.62 bits per heavy atom. The van der Waals surface area contributed by atoms with E-state index in [1.807, 2.05) is 38.5 Å². The number of Topliss-reactive ketones (excluding diaryl/α,β-unsaturated/α-hetero) is 1. The number of rotatable bonds is 5. The van der Waals surface area contributed by atoms with E-state index >= 15 is 0 Å². The maximum atomic E-state index is 12.6. The Kier molecular flexibility index (Phi) is 4.51. The fraction of sp³-hybridized carbons (Fsp3) is 0.400. The number of nitrogens with zero attached hydrogens (tertiary/aromatic N) is 5. The average molecular weight is 349 g/mol. The minimum Gasteiger partial charge on any atom is -0.298 e. The lowest BCUT2D eigenvalue weighted by Crippen LogP contribution is -2.37. The Labute approximate surface area is 152 Å². The zero-order valence-electron chi connectivity index (χ0n) is 15.2. The van der Waals surface area contributed by atoms with Gasteiger partial charge >= 0.3 is 0 Å². The van der Waals surface area contributed by atoms with E-state index in [9.17, 15) is 4.79 Å². The van der Waals surface area contributed by atoms with Crippen LogP contribution in [0.1, 0.15) is 25.5 Å². The highest BCUT2D eigenvalue weighted by Crippen LogP contribution is 2.22. The fourth-order valence-electron chi connectivity index (χ4n) is 3.55. The molecule has 1 aliphatic heterocycles. The van der Waals surface area contributed by atoms with Gasteiger partial charge in [0.15, 0.2) is 5.78 Å². The Morgan fingerprint density at radius 1 is 1.12 bits per heavy atom. The molecule has 0 aromatic carbocycles. The molecule has 26 heavy (non-hydrogen) atoms. The van der Waals surface area contributed by atoms with Gasteiger partial charge in [-0.15, -0.1) is 0 Å². The number of hydrogen-bond acceptors (Lipinski definition) is 5. The summed E-state index contributed by atoms with van der Waals surface area (Å²) in [5.74, 6) is 0.236. The van der Waals surface area contributed by atoms with Crippen molar-refractivity contribution in [2.45, 2.75) is 32.2 Å². The fourth-order valence-corrected chi connectivity index (χ4v) is 3.55. The summed E-state index contributed by atoms with van der Waals surface area (Å²) in [6.45, 7) is 4.07. The van der Waals surface area contributed by atoms with Crippen LogP contribution in [0.25, 0.3) is 22.0 Å². The third-order valence-corrected chi connectivity index (χ3v) is 5.17. The topological polar surface area (TPSA) is 63.9 Å². The summed E-state index contributed by atoms with van der Waals surface area (Å²) in [6.07, 6.45) is 10.1. The minimum absolute atomic E-state index is 0.0293. The normalized spacial score (nSPS) is 16.2. The number of fused-ring (bicyclic) bond motifs is 1. The van der Waals surface area contributed by atoms with Crippen molar-refractivity contribution in [1.29, 1.82) is 0 Å². The van der Waals surface area contributed by atoms with E-state index in [0.717, 1.165) is 40.8 Å². The van der Waals surface area contributed by atoms with Crippen molar-refractivity contribution in [1.82, 2.24) is 24.6 Å². The molecule has 0 spiro atoms. The third-order valence-electron chi connectivity index (χ3n) is 5.17. The van der Waals surface area contributed by atoms with Crippen LogP contribution in [0.4, 0.5) is 0 Å². The molecule has 1 aliphatic rings. The quantitative estimate of drug-likeness (QED) is 0.708. The lowest BCUT2D eigenvalue weighted by Gasteiger charge is -2.22. The van der Waals surface area contributed by atoms with Crippen LogP contribution in [0, 0.1) is 0 Å². The molecule has 4 heterocycles. The van der Waals surface area contributed by atoms with Crippen LogP contribution in [0.3, 0.4) is 0 Å². The van der Waals surface area contributed by atoms with E-state index in [4.69, 9.17) is 0 Å². The van der Waals surface area contributed by atoms with Gasteiger partial charge in [0.2, 0.25) is 0 Å². The third kappa shape index (κ3) is 3.37. The number of aryl methyl sites for hydroxylation is 1. The Balaban J connectivity index is 1.57.